The van der Waals surface area contributed by atoms with Gasteiger partial charge in [-0.15, -0.1) is 0 Å². The van der Waals surface area contributed by atoms with Crippen LogP contribution in [0.2, 0.25) is 0 Å². The molecule has 1 heterocycles. The van der Waals surface area contributed by atoms with Crippen LogP contribution in [-0.4, -0.2) is 4.57 Å². The van der Waals surface area contributed by atoms with Crippen molar-refractivity contribution in [1.82, 2.24) is 4.57 Å². The molecule has 0 aliphatic rings. The van der Waals surface area contributed by atoms with E-state index >= 15 is 0 Å². The van der Waals surface area contributed by atoms with Gasteiger partial charge in [-0.05, 0) is 132 Å². The lowest BCUT2D eigenvalue weighted by Crippen LogP contribution is -2.10. The number of hydrogen-bond acceptors (Lipinski definition) is 1. The quantitative estimate of drug-likeness (QED) is 0.140. The Bertz CT molecular complexity index is 3960. The number of fused-ring (bicyclic) bond motifs is 6. The molecule has 0 aliphatic carbocycles. The van der Waals surface area contributed by atoms with Crippen LogP contribution in [0.15, 0.2) is 279 Å². The highest BCUT2D eigenvalue weighted by Crippen LogP contribution is 2.45. The lowest BCUT2D eigenvalue weighted by atomic mass is 9.95. The molecule has 0 unspecified atom stereocenters. The molecule has 70 heavy (non-hydrogen) atoms. The second-order valence-electron chi connectivity index (χ2n) is 18.1. The van der Waals surface area contributed by atoms with Crippen molar-refractivity contribution in [2.24, 2.45) is 0 Å². The minimum Gasteiger partial charge on any atom is -0.310 e. The predicted molar refractivity (Wildman–Crippen MR) is 298 cm³/mol. The molecule has 0 fully saturated rings. The average Bonchev–Trinajstić information content (AvgIpc) is 3.79. The Morgan fingerprint density at radius 1 is 0.257 bits per heavy atom. The molecular formula is C68H46N2. The summed E-state index contributed by atoms with van der Waals surface area (Å²) in [5, 5.41) is 7.46. The van der Waals surface area contributed by atoms with Gasteiger partial charge in [0, 0.05) is 38.9 Å². The molecule has 0 bridgehead atoms. The van der Waals surface area contributed by atoms with Crippen LogP contribution in [0.4, 0.5) is 17.1 Å². The molecule has 0 aliphatic heterocycles. The fraction of sp³-hybridized carbons (Fsp3) is 0. The van der Waals surface area contributed by atoms with Crippen molar-refractivity contribution in [3.8, 4) is 61.3 Å². The Morgan fingerprint density at radius 2 is 0.757 bits per heavy atom. The van der Waals surface area contributed by atoms with Gasteiger partial charge in [0.15, 0.2) is 0 Å². The van der Waals surface area contributed by atoms with E-state index in [4.69, 9.17) is 0 Å². The molecule has 12 aromatic carbocycles. The second kappa shape index (κ2) is 17.4. The summed E-state index contributed by atoms with van der Waals surface area (Å²) in [4.78, 5) is 2.43. The highest BCUT2D eigenvalue weighted by Gasteiger charge is 2.21. The molecule has 0 N–H and O–H groups in total. The minimum absolute atomic E-state index is 1.07. The second-order valence-corrected chi connectivity index (χ2v) is 18.1. The van der Waals surface area contributed by atoms with Crippen molar-refractivity contribution >= 4 is 60.4 Å². The maximum Gasteiger partial charge on any atom is 0.0619 e. The minimum atomic E-state index is 1.07. The van der Waals surface area contributed by atoms with E-state index in [0.29, 0.717) is 0 Å². The lowest BCUT2D eigenvalue weighted by molar-refractivity contribution is 1.19. The molecule has 0 saturated heterocycles. The van der Waals surface area contributed by atoms with Gasteiger partial charge in [0.1, 0.15) is 0 Å². The van der Waals surface area contributed by atoms with Gasteiger partial charge in [0.05, 0.1) is 11.0 Å². The van der Waals surface area contributed by atoms with Gasteiger partial charge in [-0.25, -0.2) is 0 Å². The van der Waals surface area contributed by atoms with Gasteiger partial charge in [-0.3, -0.25) is 0 Å². The van der Waals surface area contributed by atoms with Crippen LogP contribution >= 0.6 is 0 Å². The number of rotatable bonds is 9. The molecule has 13 rings (SSSR count). The smallest absolute Gasteiger partial charge is 0.0619 e. The Kier molecular flexibility index (Phi) is 10.2. The summed E-state index contributed by atoms with van der Waals surface area (Å²) in [6.07, 6.45) is 0. The van der Waals surface area contributed by atoms with Gasteiger partial charge in [-0.2, -0.15) is 0 Å². The van der Waals surface area contributed by atoms with Crippen LogP contribution < -0.4 is 4.90 Å². The first-order chi connectivity index (χ1) is 34.7. The zero-order chi connectivity index (χ0) is 46.4. The summed E-state index contributed by atoms with van der Waals surface area (Å²) >= 11 is 0. The Labute approximate surface area is 408 Å². The summed E-state index contributed by atoms with van der Waals surface area (Å²) in [5.41, 5.74) is 18.6. The molecule has 13 aromatic rings. The fourth-order valence-corrected chi connectivity index (χ4v) is 10.6. The number of aromatic nitrogens is 1. The van der Waals surface area contributed by atoms with Gasteiger partial charge in [0.2, 0.25) is 0 Å². The molecule has 0 amide bonds. The molecule has 0 radical (unpaired) electrons. The molecule has 0 spiro atoms. The Balaban J connectivity index is 0.975. The number of anilines is 3. The summed E-state index contributed by atoms with van der Waals surface area (Å²) in [7, 11) is 0. The van der Waals surface area contributed by atoms with E-state index in [0.717, 1.165) is 39.4 Å². The third-order valence-corrected chi connectivity index (χ3v) is 13.9. The third-order valence-electron chi connectivity index (χ3n) is 13.9. The van der Waals surface area contributed by atoms with Gasteiger partial charge >= 0.3 is 0 Å². The maximum atomic E-state index is 2.45. The van der Waals surface area contributed by atoms with Crippen molar-refractivity contribution in [1.29, 1.82) is 0 Å². The van der Waals surface area contributed by atoms with Crippen LogP contribution in [0.3, 0.4) is 0 Å². The van der Waals surface area contributed by atoms with Crippen molar-refractivity contribution in [2.45, 2.75) is 0 Å². The monoisotopic (exact) mass is 890 g/mol. The third kappa shape index (κ3) is 7.31. The van der Waals surface area contributed by atoms with E-state index < -0.39 is 0 Å². The van der Waals surface area contributed by atoms with Crippen molar-refractivity contribution in [3.05, 3.63) is 279 Å². The van der Waals surface area contributed by atoms with Crippen molar-refractivity contribution < 1.29 is 0 Å². The van der Waals surface area contributed by atoms with E-state index in [1.165, 1.54) is 82.3 Å². The lowest BCUT2D eigenvalue weighted by Gasteiger charge is -2.27. The first kappa shape index (κ1) is 41.0. The van der Waals surface area contributed by atoms with Crippen LogP contribution in [-0.2, 0) is 0 Å². The van der Waals surface area contributed by atoms with Crippen LogP contribution in [0.5, 0.6) is 0 Å². The van der Waals surface area contributed by atoms with Crippen LogP contribution in [0.25, 0.3) is 105 Å². The normalized spacial score (nSPS) is 11.4. The molecule has 328 valence electrons. The highest BCUT2D eigenvalue weighted by atomic mass is 15.1. The number of benzene rings is 12. The molecular weight excluding hydrogens is 845 g/mol. The first-order valence-electron chi connectivity index (χ1n) is 24.1. The van der Waals surface area contributed by atoms with Crippen LogP contribution in [0.1, 0.15) is 0 Å². The highest BCUT2D eigenvalue weighted by molar-refractivity contribution is 6.22. The van der Waals surface area contributed by atoms with E-state index in [2.05, 4.69) is 289 Å². The molecule has 0 saturated carbocycles. The molecule has 0 atom stereocenters. The Morgan fingerprint density at radius 3 is 1.46 bits per heavy atom. The van der Waals surface area contributed by atoms with Crippen LogP contribution in [0, 0.1) is 0 Å². The summed E-state index contributed by atoms with van der Waals surface area (Å²) in [6.45, 7) is 0. The molecule has 2 heteroatoms. The summed E-state index contributed by atoms with van der Waals surface area (Å²) in [6, 6.07) is 102. The van der Waals surface area contributed by atoms with E-state index in [-0.39, 0.29) is 0 Å². The standard InChI is InChI=1S/C68H46N2/c1-4-17-47(18-5-1)55-43-56(48-19-6-2-7-20-48)46-60(45-55)69(58-40-37-50(38-41-58)49-33-35-53(36-34-49)62-30-15-23-51-21-10-12-28-61(51)62)59-27-14-24-54(44-59)63-31-16-32-66-67(63)65-42-39-52-22-11-13-29-64(52)68(65)70(66)57-25-8-3-9-26-57/h1-46H. The van der Waals surface area contributed by atoms with Gasteiger partial charge < -0.3 is 9.47 Å². The number of hydrogen-bond donors (Lipinski definition) is 0. The maximum absolute atomic E-state index is 2.45. The van der Waals surface area contributed by atoms with E-state index in [1.807, 2.05) is 0 Å². The largest absolute Gasteiger partial charge is 0.310 e. The Hall–Kier alpha value is -9.24. The summed E-state index contributed by atoms with van der Waals surface area (Å²) < 4.78 is 2.45. The fourth-order valence-electron chi connectivity index (χ4n) is 10.6. The van der Waals surface area contributed by atoms with E-state index in [9.17, 15) is 0 Å². The SMILES string of the molecule is c1ccc(-c2cc(-c3ccccc3)cc(N(c3ccc(-c4ccc(-c5cccc6ccccc56)cc4)cc3)c3cccc(-c4cccc5c4c4ccc6ccccc6c4n5-c4ccccc4)c3)c2)cc1. The first-order valence-corrected chi connectivity index (χ1v) is 24.1. The average molecular weight is 891 g/mol. The molecule has 2 nitrogen and oxygen atoms in total. The number of nitrogens with zero attached hydrogens (tertiary/aromatic N) is 2. The topological polar surface area (TPSA) is 8.17 Å². The van der Waals surface area contributed by atoms with Crippen molar-refractivity contribution in [2.75, 3.05) is 4.90 Å². The summed E-state index contributed by atoms with van der Waals surface area (Å²) in [5.74, 6) is 0. The number of para-hydroxylation sites is 1. The van der Waals surface area contributed by atoms with Gasteiger partial charge in [0.25, 0.3) is 0 Å². The van der Waals surface area contributed by atoms with Crippen molar-refractivity contribution in [3.63, 3.8) is 0 Å². The zero-order valence-electron chi connectivity index (χ0n) is 38.5. The predicted octanol–water partition coefficient (Wildman–Crippen LogP) is 18.9. The van der Waals surface area contributed by atoms with Gasteiger partial charge in [-0.1, -0.05) is 218 Å². The zero-order valence-corrected chi connectivity index (χ0v) is 38.5. The molecule has 1 aromatic heterocycles. The van der Waals surface area contributed by atoms with E-state index in [1.54, 1.807) is 0 Å².